The van der Waals surface area contributed by atoms with Crippen LogP contribution in [0.25, 0.3) is 10.9 Å². The van der Waals surface area contributed by atoms with Gasteiger partial charge in [0.25, 0.3) is 0 Å². The van der Waals surface area contributed by atoms with Crippen LogP contribution in [0.4, 0.5) is 0 Å². The molecule has 9 heteroatoms. The Hall–Kier alpha value is -1.87. The molecule has 1 aromatic carbocycles. The lowest BCUT2D eigenvalue weighted by Gasteiger charge is -2.36. The van der Waals surface area contributed by atoms with Crippen LogP contribution < -0.4 is 4.74 Å². The van der Waals surface area contributed by atoms with Gasteiger partial charge in [-0.3, -0.25) is 9.78 Å². The highest BCUT2D eigenvalue weighted by Gasteiger charge is 2.33. The second kappa shape index (κ2) is 11.5. The molecule has 0 spiro atoms. The Morgan fingerprint density at radius 2 is 2.27 bits per heavy atom. The number of hydrogen-bond acceptors (Lipinski definition) is 7. The van der Waals surface area contributed by atoms with E-state index in [1.165, 1.54) is 0 Å². The zero-order chi connectivity index (χ0) is 23.2. The zero-order valence-corrected chi connectivity index (χ0v) is 21.0. The first-order chi connectivity index (χ1) is 16.0. The number of carboxylic acid groups (broad SMARTS) is 1. The number of rotatable bonds is 10. The minimum atomic E-state index is -0.686. The van der Waals surface area contributed by atoms with Crippen LogP contribution in [0.1, 0.15) is 24.8 Å². The van der Waals surface area contributed by atoms with Gasteiger partial charge < -0.3 is 14.7 Å². The van der Waals surface area contributed by atoms with E-state index in [9.17, 15) is 9.90 Å². The number of carboxylic acids is 1. The van der Waals surface area contributed by atoms with Crippen LogP contribution >= 0.6 is 34.7 Å². The molecule has 1 saturated heterocycles. The fraction of sp³-hybridized carbons (Fsp3) is 0.458. The molecular weight excluding hydrogens is 478 g/mol. The number of aliphatic carboxylic acids is 1. The van der Waals surface area contributed by atoms with Gasteiger partial charge in [-0.05, 0) is 61.9 Å². The van der Waals surface area contributed by atoms with Gasteiger partial charge in [0.2, 0.25) is 0 Å². The summed E-state index contributed by atoms with van der Waals surface area (Å²) in [6.07, 6.45) is 7.00. The molecule has 4 rings (SSSR count). The molecule has 0 radical (unpaired) electrons. The van der Waals surface area contributed by atoms with Crippen LogP contribution in [0.5, 0.6) is 5.75 Å². The third kappa shape index (κ3) is 6.18. The third-order valence-corrected chi connectivity index (χ3v) is 8.61. The molecule has 33 heavy (non-hydrogen) atoms. The molecule has 6 nitrogen and oxygen atoms in total. The Morgan fingerprint density at radius 1 is 1.39 bits per heavy atom. The van der Waals surface area contributed by atoms with Gasteiger partial charge in [0, 0.05) is 42.0 Å². The second-order valence-corrected chi connectivity index (χ2v) is 10.9. The number of carbonyl (C=O) groups is 1. The van der Waals surface area contributed by atoms with Crippen LogP contribution in [0.2, 0.25) is 5.02 Å². The lowest BCUT2D eigenvalue weighted by Crippen LogP contribution is -2.44. The monoisotopic (exact) mass is 505 g/mol. The molecular formula is C24H28ClN3O3S2. The molecule has 1 fully saturated rings. The second-order valence-electron chi connectivity index (χ2n) is 8.30. The maximum Gasteiger partial charge on any atom is 0.308 e. The van der Waals surface area contributed by atoms with Crippen molar-refractivity contribution in [2.75, 3.05) is 32.5 Å². The van der Waals surface area contributed by atoms with Crippen LogP contribution in [-0.4, -0.2) is 58.4 Å². The van der Waals surface area contributed by atoms with E-state index in [2.05, 4.69) is 14.9 Å². The quantitative estimate of drug-likeness (QED) is 0.365. The number of methoxy groups -OCH3 is 1. The molecule has 176 valence electrons. The number of pyridine rings is 1. The van der Waals surface area contributed by atoms with E-state index in [1.807, 2.05) is 29.8 Å². The molecule has 1 aliphatic heterocycles. The number of benzene rings is 1. The normalized spacial score (nSPS) is 19.1. The summed E-state index contributed by atoms with van der Waals surface area (Å²) in [6, 6.07) is 5.82. The van der Waals surface area contributed by atoms with Gasteiger partial charge in [-0.15, -0.1) is 11.3 Å². The molecule has 1 N–H and O–H groups in total. The van der Waals surface area contributed by atoms with Gasteiger partial charge in [0.1, 0.15) is 10.1 Å². The minimum absolute atomic E-state index is 0.187. The van der Waals surface area contributed by atoms with E-state index in [1.54, 1.807) is 36.4 Å². The molecule has 0 aliphatic carbocycles. The van der Waals surface area contributed by atoms with Gasteiger partial charge in [-0.1, -0.05) is 23.4 Å². The Bertz CT molecular complexity index is 1080. The Kier molecular flexibility index (Phi) is 8.46. The molecule has 2 unspecified atom stereocenters. The predicted octanol–water partition coefficient (Wildman–Crippen LogP) is 5.49. The molecule has 1 aliphatic rings. The predicted molar refractivity (Wildman–Crippen MR) is 135 cm³/mol. The minimum Gasteiger partial charge on any atom is -0.497 e. The first kappa shape index (κ1) is 24.3. The van der Waals surface area contributed by atoms with Crippen molar-refractivity contribution in [1.82, 2.24) is 14.9 Å². The van der Waals surface area contributed by atoms with Crippen molar-refractivity contribution in [3.05, 3.63) is 46.6 Å². The van der Waals surface area contributed by atoms with Gasteiger partial charge in [0.05, 0.1) is 23.6 Å². The van der Waals surface area contributed by atoms with Crippen molar-refractivity contribution in [3.63, 3.8) is 0 Å². The van der Waals surface area contributed by atoms with E-state index < -0.39 is 5.97 Å². The number of aryl methyl sites for hydroxylation is 1. The van der Waals surface area contributed by atoms with Crippen molar-refractivity contribution in [3.8, 4) is 5.75 Å². The standard InChI is InChI=1S/C24H28ClN3O3S2/c1-31-17-5-6-22-19(13-17)18(21(25)14-27-22)4-2-3-16-7-9-28(15-20(16)23(29)30)10-12-33-24-26-8-11-32-24/h5-6,8,11,13-14,16,20H,2-4,7,9-10,12,15H2,1H3,(H,29,30). The van der Waals surface area contributed by atoms with Crippen molar-refractivity contribution in [2.45, 2.75) is 30.0 Å². The zero-order valence-electron chi connectivity index (χ0n) is 18.6. The summed E-state index contributed by atoms with van der Waals surface area (Å²) in [5, 5.41) is 13.5. The van der Waals surface area contributed by atoms with Crippen molar-refractivity contribution in [1.29, 1.82) is 0 Å². The average Bonchev–Trinajstić information content (AvgIpc) is 3.34. The SMILES string of the molecule is COc1ccc2ncc(Cl)c(CCCC3CCN(CCSc4nccs4)CC3C(=O)O)c2c1. The first-order valence-corrected chi connectivity index (χ1v) is 13.4. The Balaban J connectivity index is 1.33. The van der Waals surface area contributed by atoms with E-state index >= 15 is 0 Å². The summed E-state index contributed by atoms with van der Waals surface area (Å²) < 4.78 is 6.44. The third-order valence-electron chi connectivity index (χ3n) is 6.34. The number of thioether (sulfide) groups is 1. The number of halogens is 1. The van der Waals surface area contributed by atoms with Gasteiger partial charge >= 0.3 is 5.97 Å². The summed E-state index contributed by atoms with van der Waals surface area (Å²) >= 11 is 9.88. The fourth-order valence-corrected chi connectivity index (χ4v) is 6.52. The maximum absolute atomic E-state index is 12.0. The van der Waals surface area contributed by atoms with Crippen molar-refractivity contribution < 1.29 is 14.6 Å². The number of aromatic nitrogens is 2. The fourth-order valence-electron chi connectivity index (χ4n) is 4.56. The highest BCUT2D eigenvalue weighted by Crippen LogP contribution is 2.32. The van der Waals surface area contributed by atoms with Crippen molar-refractivity contribution in [2.24, 2.45) is 11.8 Å². The summed E-state index contributed by atoms with van der Waals surface area (Å²) in [5.41, 5.74) is 1.95. The molecule has 2 atom stereocenters. The number of fused-ring (bicyclic) bond motifs is 1. The van der Waals surface area contributed by atoms with Crippen LogP contribution in [0.3, 0.4) is 0 Å². The molecule has 0 saturated carbocycles. The Labute approximate surface area is 207 Å². The lowest BCUT2D eigenvalue weighted by molar-refractivity contribution is -0.146. The number of piperidine rings is 1. The van der Waals surface area contributed by atoms with Gasteiger partial charge in [-0.2, -0.15) is 0 Å². The van der Waals surface area contributed by atoms with Crippen LogP contribution in [-0.2, 0) is 11.2 Å². The number of ether oxygens (including phenoxy) is 1. The molecule has 3 heterocycles. The highest BCUT2D eigenvalue weighted by molar-refractivity contribution is 8.01. The van der Waals surface area contributed by atoms with Gasteiger partial charge in [0.15, 0.2) is 0 Å². The largest absolute Gasteiger partial charge is 0.497 e. The maximum atomic E-state index is 12.0. The highest BCUT2D eigenvalue weighted by atomic mass is 35.5. The molecule has 3 aromatic rings. The molecule has 2 aromatic heterocycles. The van der Waals surface area contributed by atoms with Crippen molar-refractivity contribution >= 4 is 51.6 Å². The smallest absolute Gasteiger partial charge is 0.308 e. The Morgan fingerprint density at radius 3 is 3.03 bits per heavy atom. The number of hydrogen-bond donors (Lipinski definition) is 1. The van der Waals surface area contributed by atoms with Crippen LogP contribution in [0, 0.1) is 11.8 Å². The number of thiazole rings is 1. The number of nitrogens with zero attached hydrogens (tertiary/aromatic N) is 3. The van der Waals surface area contributed by atoms with Crippen LogP contribution in [0.15, 0.2) is 40.3 Å². The molecule has 0 bridgehead atoms. The van der Waals surface area contributed by atoms with Gasteiger partial charge in [-0.25, -0.2) is 4.98 Å². The topological polar surface area (TPSA) is 75.5 Å². The average molecular weight is 506 g/mol. The summed E-state index contributed by atoms with van der Waals surface area (Å²) in [6.45, 7) is 2.46. The van der Waals surface area contributed by atoms with E-state index in [4.69, 9.17) is 16.3 Å². The van der Waals surface area contributed by atoms with E-state index in [0.717, 1.165) is 71.1 Å². The lowest BCUT2D eigenvalue weighted by atomic mass is 9.81. The summed E-state index contributed by atoms with van der Waals surface area (Å²) in [7, 11) is 1.65. The molecule has 0 amide bonds. The summed E-state index contributed by atoms with van der Waals surface area (Å²) in [4.78, 5) is 23.0. The first-order valence-electron chi connectivity index (χ1n) is 11.1. The van der Waals surface area contributed by atoms with E-state index in [-0.39, 0.29) is 11.8 Å². The number of likely N-dealkylation sites (tertiary alicyclic amines) is 1. The van der Waals surface area contributed by atoms with E-state index in [0.29, 0.717) is 11.6 Å². The summed E-state index contributed by atoms with van der Waals surface area (Å²) in [5.74, 6) is 0.885.